The van der Waals surface area contributed by atoms with E-state index in [1.165, 1.54) is 19.3 Å². The Bertz CT molecular complexity index is 1040. The molecule has 1 amide bonds. The Labute approximate surface area is 184 Å². The quantitative estimate of drug-likeness (QED) is 0.688. The molecule has 0 saturated heterocycles. The molecule has 2 aromatic rings. The zero-order valence-electron chi connectivity index (χ0n) is 18.3. The van der Waals surface area contributed by atoms with E-state index in [2.05, 4.69) is 17.3 Å². The summed E-state index contributed by atoms with van der Waals surface area (Å²) >= 11 is 0. The number of sulfone groups is 1. The first-order valence-corrected chi connectivity index (χ1v) is 13.0. The number of hydrogen-bond acceptors (Lipinski definition) is 5. The zero-order chi connectivity index (χ0) is 22.0. The zero-order valence-corrected chi connectivity index (χ0v) is 19.1. The molecule has 2 aliphatic rings. The lowest BCUT2D eigenvalue weighted by Crippen LogP contribution is -2.28. The van der Waals surface area contributed by atoms with Gasteiger partial charge in [-0.15, -0.1) is 0 Å². The summed E-state index contributed by atoms with van der Waals surface area (Å²) in [5, 5.41) is 7.59. The number of benzene rings is 1. The van der Waals surface area contributed by atoms with Gasteiger partial charge in [0.15, 0.2) is 9.84 Å². The van der Waals surface area contributed by atoms with Crippen molar-refractivity contribution in [3.05, 3.63) is 35.5 Å². The van der Waals surface area contributed by atoms with Crippen LogP contribution >= 0.6 is 0 Å². The number of amides is 1. The van der Waals surface area contributed by atoms with Gasteiger partial charge in [-0.2, -0.15) is 5.10 Å². The second kappa shape index (κ2) is 9.02. The van der Waals surface area contributed by atoms with E-state index in [0.717, 1.165) is 43.0 Å². The lowest BCUT2D eigenvalue weighted by molar-refractivity contribution is -0.121. The minimum absolute atomic E-state index is 0.0318. The number of carbonyl (C=O) groups is 1. The average Bonchev–Trinajstić information content (AvgIpc) is 3.25. The van der Waals surface area contributed by atoms with E-state index in [4.69, 9.17) is 4.74 Å². The van der Waals surface area contributed by atoms with Crippen LogP contribution in [0.4, 0.5) is 5.82 Å². The Kier molecular flexibility index (Phi) is 6.36. The first-order valence-electron chi connectivity index (χ1n) is 11.2. The summed E-state index contributed by atoms with van der Waals surface area (Å²) in [6.45, 7) is 2.21. The van der Waals surface area contributed by atoms with Crippen LogP contribution in [-0.2, 0) is 26.1 Å². The maximum atomic E-state index is 13.1. The van der Waals surface area contributed by atoms with Crippen molar-refractivity contribution in [2.24, 2.45) is 11.8 Å². The van der Waals surface area contributed by atoms with Gasteiger partial charge < -0.3 is 10.1 Å². The molecule has 1 saturated carbocycles. The van der Waals surface area contributed by atoms with E-state index in [9.17, 15) is 13.2 Å². The summed E-state index contributed by atoms with van der Waals surface area (Å²) in [4.78, 5) is 13.1. The fraction of sp³-hybridized carbons (Fsp3) is 0.565. The molecule has 1 fully saturated rings. The first-order chi connectivity index (χ1) is 14.9. The van der Waals surface area contributed by atoms with Crippen molar-refractivity contribution in [3.8, 4) is 11.4 Å². The van der Waals surface area contributed by atoms with Crippen LogP contribution in [0.2, 0.25) is 0 Å². The second-order valence-electron chi connectivity index (χ2n) is 8.77. The van der Waals surface area contributed by atoms with E-state index in [0.29, 0.717) is 17.1 Å². The van der Waals surface area contributed by atoms with Gasteiger partial charge in [0.05, 0.1) is 30.0 Å². The lowest BCUT2D eigenvalue weighted by atomic mass is 9.79. The fourth-order valence-electron chi connectivity index (χ4n) is 4.71. The lowest BCUT2D eigenvalue weighted by Gasteiger charge is -2.27. The third-order valence-corrected chi connectivity index (χ3v) is 7.97. The van der Waals surface area contributed by atoms with Crippen LogP contribution in [0.15, 0.2) is 24.3 Å². The number of fused-ring (bicyclic) bond motifs is 1. The number of methoxy groups -OCH3 is 1. The smallest absolute Gasteiger partial charge is 0.228 e. The van der Waals surface area contributed by atoms with E-state index in [1.807, 2.05) is 24.3 Å². The average molecular weight is 446 g/mol. The van der Waals surface area contributed by atoms with Crippen molar-refractivity contribution in [1.82, 2.24) is 9.78 Å². The van der Waals surface area contributed by atoms with Gasteiger partial charge in [-0.1, -0.05) is 26.2 Å². The number of anilines is 1. The Hall–Kier alpha value is -2.35. The van der Waals surface area contributed by atoms with Crippen LogP contribution in [0.25, 0.3) is 5.69 Å². The summed E-state index contributed by atoms with van der Waals surface area (Å²) in [6.07, 6.45) is 7.66. The highest BCUT2D eigenvalue weighted by Gasteiger charge is 2.34. The van der Waals surface area contributed by atoms with Crippen LogP contribution < -0.4 is 10.1 Å². The molecule has 4 rings (SSSR count). The highest BCUT2D eigenvalue weighted by atomic mass is 32.2. The highest BCUT2D eigenvalue weighted by Crippen LogP contribution is 2.36. The van der Waals surface area contributed by atoms with Gasteiger partial charge in [-0.3, -0.25) is 4.79 Å². The number of ether oxygens (including phenoxy) is 1. The molecule has 1 aromatic heterocycles. The van der Waals surface area contributed by atoms with Crippen molar-refractivity contribution in [2.75, 3.05) is 12.4 Å². The molecular formula is C23H31N3O4S. The van der Waals surface area contributed by atoms with Gasteiger partial charge in [-0.25, -0.2) is 13.1 Å². The number of aromatic nitrogens is 2. The molecular weight excluding hydrogens is 414 g/mol. The first kappa shape index (κ1) is 21.9. The van der Waals surface area contributed by atoms with E-state index < -0.39 is 9.84 Å². The number of rotatable bonds is 7. The molecule has 168 valence electrons. The molecule has 1 aliphatic carbocycles. The summed E-state index contributed by atoms with van der Waals surface area (Å²) < 4.78 is 31.2. The minimum Gasteiger partial charge on any atom is -0.497 e. The Morgan fingerprint density at radius 1 is 1.16 bits per heavy atom. The second-order valence-corrected chi connectivity index (χ2v) is 10.8. The molecule has 0 unspecified atom stereocenters. The molecule has 31 heavy (non-hydrogen) atoms. The summed E-state index contributed by atoms with van der Waals surface area (Å²) in [6, 6.07) is 7.35. The third-order valence-electron chi connectivity index (χ3n) is 6.53. The summed E-state index contributed by atoms with van der Waals surface area (Å²) in [5.74, 6) is 1.69. The predicted octanol–water partition coefficient (Wildman–Crippen LogP) is 4.24. The van der Waals surface area contributed by atoms with E-state index >= 15 is 0 Å². The van der Waals surface area contributed by atoms with Crippen LogP contribution in [0, 0.1) is 11.8 Å². The van der Waals surface area contributed by atoms with Gasteiger partial charge in [0.2, 0.25) is 5.91 Å². The topological polar surface area (TPSA) is 90.3 Å². The minimum atomic E-state index is -3.22. The van der Waals surface area contributed by atoms with Crippen molar-refractivity contribution in [1.29, 1.82) is 0 Å². The van der Waals surface area contributed by atoms with Gasteiger partial charge in [0, 0.05) is 11.5 Å². The van der Waals surface area contributed by atoms with Crippen LogP contribution in [0.3, 0.4) is 0 Å². The van der Waals surface area contributed by atoms with Crippen LogP contribution in [-0.4, -0.2) is 31.2 Å². The Balaban J connectivity index is 1.55. The fourth-order valence-corrected chi connectivity index (χ4v) is 6.20. The molecule has 0 radical (unpaired) electrons. The summed E-state index contributed by atoms with van der Waals surface area (Å²) in [7, 11) is -1.62. The van der Waals surface area contributed by atoms with Crippen molar-refractivity contribution in [2.45, 2.75) is 63.4 Å². The predicted molar refractivity (Wildman–Crippen MR) is 120 cm³/mol. The molecule has 0 bridgehead atoms. The van der Waals surface area contributed by atoms with Crippen LogP contribution in [0.5, 0.6) is 5.75 Å². The molecule has 1 aromatic carbocycles. The molecule has 0 atom stereocenters. The Morgan fingerprint density at radius 3 is 2.52 bits per heavy atom. The largest absolute Gasteiger partial charge is 0.497 e. The monoisotopic (exact) mass is 445 g/mol. The van der Waals surface area contributed by atoms with Gasteiger partial charge in [0.25, 0.3) is 0 Å². The van der Waals surface area contributed by atoms with E-state index in [-0.39, 0.29) is 23.3 Å². The molecule has 7 nitrogen and oxygen atoms in total. The number of hydrogen-bond donors (Lipinski definition) is 1. The normalized spacial score (nSPS) is 22.1. The van der Waals surface area contributed by atoms with Crippen molar-refractivity contribution < 1.29 is 17.9 Å². The van der Waals surface area contributed by atoms with Gasteiger partial charge in [-0.05, 0) is 55.9 Å². The molecule has 1 aliphatic heterocycles. The van der Waals surface area contributed by atoms with Gasteiger partial charge >= 0.3 is 0 Å². The van der Waals surface area contributed by atoms with Crippen molar-refractivity contribution >= 4 is 21.6 Å². The molecule has 0 spiro atoms. The number of nitrogens with zero attached hydrogens (tertiary/aromatic N) is 2. The van der Waals surface area contributed by atoms with Crippen LogP contribution in [0.1, 0.15) is 63.1 Å². The molecule has 2 heterocycles. The van der Waals surface area contributed by atoms with Gasteiger partial charge in [0.1, 0.15) is 11.6 Å². The number of carbonyl (C=O) groups excluding carboxylic acids is 1. The van der Waals surface area contributed by atoms with E-state index in [1.54, 1.807) is 11.8 Å². The maximum Gasteiger partial charge on any atom is 0.228 e. The maximum absolute atomic E-state index is 13.1. The summed E-state index contributed by atoms with van der Waals surface area (Å²) in [5.41, 5.74) is 1.89. The SMILES string of the molecule is CCCCC1CCC(C(=O)Nc2c3c(nn2-c2ccc(OC)cc2)CS(=O)(=O)C3)CC1. The standard InChI is InChI=1S/C23H31N3O4S/c1-3-4-5-16-6-8-17(9-7-16)23(27)24-22-20-14-31(28,29)15-21(20)25-26(22)18-10-12-19(30-2)13-11-18/h10-13,16-17H,3-9,14-15H2,1-2H3,(H,24,27). The highest BCUT2D eigenvalue weighted by molar-refractivity contribution is 7.90. The molecule has 8 heteroatoms. The molecule has 1 N–H and O–H groups in total. The third kappa shape index (κ3) is 4.79. The Morgan fingerprint density at radius 2 is 1.87 bits per heavy atom. The number of nitrogens with one attached hydrogen (secondary N) is 1. The number of unbranched alkanes of at least 4 members (excludes halogenated alkanes) is 1. The van der Waals surface area contributed by atoms with Crippen molar-refractivity contribution in [3.63, 3.8) is 0 Å².